The molecule has 0 spiro atoms. The number of hydrogen-bond acceptors (Lipinski definition) is 4. The second-order valence-corrected chi connectivity index (χ2v) is 2.64. The highest BCUT2D eigenvalue weighted by Crippen LogP contribution is 2.12. The van der Waals surface area contributed by atoms with Crippen molar-refractivity contribution in [2.75, 3.05) is 0 Å². The Morgan fingerprint density at radius 1 is 1.75 bits per heavy atom. The molecule has 1 heterocycles. The van der Waals surface area contributed by atoms with E-state index < -0.39 is 5.97 Å². The van der Waals surface area contributed by atoms with E-state index in [1.807, 2.05) is 0 Å². The summed E-state index contributed by atoms with van der Waals surface area (Å²) in [6.07, 6.45) is 0.0334. The van der Waals surface area contributed by atoms with Crippen molar-refractivity contribution in [2.24, 2.45) is 7.05 Å². The molecular formula is C6H10N4O2. The normalized spacial score (nSPS) is 12.8. The summed E-state index contributed by atoms with van der Waals surface area (Å²) >= 11 is 0. The van der Waals surface area contributed by atoms with Gasteiger partial charge in [0.05, 0.1) is 13.5 Å². The van der Waals surface area contributed by atoms with Gasteiger partial charge in [-0.3, -0.25) is 4.79 Å². The average Bonchev–Trinajstić information content (AvgIpc) is 2.34. The number of carbonyl (C=O) groups is 1. The van der Waals surface area contributed by atoms with Gasteiger partial charge in [0.15, 0.2) is 5.82 Å². The second kappa shape index (κ2) is 3.29. The largest absolute Gasteiger partial charge is 0.481 e. The molecule has 0 radical (unpaired) electrons. The Labute approximate surface area is 69.2 Å². The first-order chi connectivity index (χ1) is 5.59. The van der Waals surface area contributed by atoms with Gasteiger partial charge in [-0.05, 0) is 5.21 Å². The lowest BCUT2D eigenvalue weighted by Gasteiger charge is -2.00. The van der Waals surface area contributed by atoms with Gasteiger partial charge in [-0.2, -0.15) is 4.80 Å². The number of aromatic nitrogens is 4. The Bertz CT molecular complexity index is 283. The van der Waals surface area contributed by atoms with E-state index in [9.17, 15) is 4.79 Å². The maximum Gasteiger partial charge on any atom is 0.304 e. The number of carboxylic acid groups (broad SMARTS) is 1. The van der Waals surface area contributed by atoms with Crippen LogP contribution in [-0.4, -0.2) is 31.3 Å². The molecule has 0 saturated heterocycles. The van der Waals surface area contributed by atoms with Gasteiger partial charge in [0, 0.05) is 5.92 Å². The summed E-state index contributed by atoms with van der Waals surface area (Å²) < 4.78 is 0. The van der Waals surface area contributed by atoms with E-state index in [1.54, 1.807) is 14.0 Å². The molecule has 0 aromatic carbocycles. The minimum absolute atomic E-state index is 0.0334. The fourth-order valence-electron chi connectivity index (χ4n) is 0.849. The number of aliphatic carboxylic acids is 1. The summed E-state index contributed by atoms with van der Waals surface area (Å²) in [6.45, 7) is 1.76. The summed E-state index contributed by atoms with van der Waals surface area (Å²) in [6, 6.07) is 0. The molecule has 0 saturated carbocycles. The van der Waals surface area contributed by atoms with Gasteiger partial charge in [0.2, 0.25) is 0 Å². The van der Waals surface area contributed by atoms with E-state index in [2.05, 4.69) is 15.4 Å². The summed E-state index contributed by atoms with van der Waals surface area (Å²) in [5.41, 5.74) is 0. The lowest BCUT2D eigenvalue weighted by atomic mass is 10.1. The Kier molecular flexibility index (Phi) is 2.37. The van der Waals surface area contributed by atoms with E-state index in [-0.39, 0.29) is 12.3 Å². The standard InChI is InChI=1S/C6H10N4O2/c1-4(3-5(11)12)6-7-9-10(2)8-6/h4H,3H2,1-2H3,(H,11,12). The van der Waals surface area contributed by atoms with Gasteiger partial charge >= 0.3 is 5.97 Å². The molecule has 0 fully saturated rings. The molecule has 6 heteroatoms. The molecule has 1 atom stereocenters. The molecule has 1 aromatic rings. The van der Waals surface area contributed by atoms with Crippen molar-refractivity contribution in [3.05, 3.63) is 5.82 Å². The van der Waals surface area contributed by atoms with Crippen molar-refractivity contribution < 1.29 is 9.90 Å². The number of hydrogen-bond donors (Lipinski definition) is 1. The van der Waals surface area contributed by atoms with Crippen molar-refractivity contribution in [3.63, 3.8) is 0 Å². The van der Waals surface area contributed by atoms with Gasteiger partial charge in [-0.1, -0.05) is 6.92 Å². The number of rotatable bonds is 3. The van der Waals surface area contributed by atoms with E-state index in [4.69, 9.17) is 5.11 Å². The molecule has 6 nitrogen and oxygen atoms in total. The molecule has 0 aliphatic carbocycles. The van der Waals surface area contributed by atoms with Crippen LogP contribution in [0.25, 0.3) is 0 Å². The first-order valence-corrected chi connectivity index (χ1v) is 3.55. The van der Waals surface area contributed by atoms with Crippen LogP contribution in [0.2, 0.25) is 0 Å². The Balaban J connectivity index is 2.64. The number of nitrogens with zero attached hydrogens (tertiary/aromatic N) is 4. The fraction of sp³-hybridized carbons (Fsp3) is 0.667. The predicted molar refractivity (Wildman–Crippen MR) is 39.5 cm³/mol. The maximum atomic E-state index is 10.3. The lowest BCUT2D eigenvalue weighted by molar-refractivity contribution is -0.137. The summed E-state index contributed by atoms with van der Waals surface area (Å²) in [5, 5.41) is 19.7. The van der Waals surface area contributed by atoms with Crippen molar-refractivity contribution in [1.82, 2.24) is 20.2 Å². The summed E-state index contributed by atoms with van der Waals surface area (Å²) in [4.78, 5) is 11.6. The van der Waals surface area contributed by atoms with E-state index in [0.29, 0.717) is 5.82 Å². The minimum atomic E-state index is -0.852. The van der Waals surface area contributed by atoms with Crippen LogP contribution in [0.1, 0.15) is 25.1 Å². The number of aryl methyl sites for hydroxylation is 1. The van der Waals surface area contributed by atoms with Crippen LogP contribution < -0.4 is 0 Å². The lowest BCUT2D eigenvalue weighted by Crippen LogP contribution is -2.05. The highest BCUT2D eigenvalue weighted by molar-refractivity contribution is 5.67. The third-order valence-corrected chi connectivity index (χ3v) is 1.45. The van der Waals surface area contributed by atoms with Gasteiger partial charge in [0.1, 0.15) is 0 Å². The minimum Gasteiger partial charge on any atom is -0.481 e. The first kappa shape index (κ1) is 8.63. The van der Waals surface area contributed by atoms with Gasteiger partial charge in [0.25, 0.3) is 0 Å². The zero-order valence-electron chi connectivity index (χ0n) is 6.93. The zero-order valence-corrected chi connectivity index (χ0v) is 6.93. The molecule has 0 bridgehead atoms. The van der Waals surface area contributed by atoms with Crippen molar-refractivity contribution in [3.8, 4) is 0 Å². The monoisotopic (exact) mass is 170 g/mol. The average molecular weight is 170 g/mol. The second-order valence-electron chi connectivity index (χ2n) is 2.64. The SMILES string of the molecule is CC(CC(=O)O)c1nnn(C)n1. The molecule has 1 unspecified atom stereocenters. The van der Waals surface area contributed by atoms with Crippen molar-refractivity contribution in [2.45, 2.75) is 19.3 Å². The third-order valence-electron chi connectivity index (χ3n) is 1.45. The van der Waals surface area contributed by atoms with Crippen LogP contribution in [0.15, 0.2) is 0 Å². The Morgan fingerprint density at radius 3 is 2.83 bits per heavy atom. The smallest absolute Gasteiger partial charge is 0.304 e. The zero-order chi connectivity index (χ0) is 9.14. The molecule has 0 amide bonds. The third kappa shape index (κ3) is 2.01. The molecule has 0 aliphatic rings. The quantitative estimate of drug-likeness (QED) is 0.678. The van der Waals surface area contributed by atoms with Crippen LogP contribution >= 0.6 is 0 Å². The Hall–Kier alpha value is -1.46. The van der Waals surface area contributed by atoms with Crippen molar-refractivity contribution >= 4 is 5.97 Å². The molecule has 12 heavy (non-hydrogen) atoms. The molecule has 1 N–H and O–H groups in total. The molecule has 66 valence electrons. The highest BCUT2D eigenvalue weighted by atomic mass is 16.4. The molecular weight excluding hydrogens is 160 g/mol. The van der Waals surface area contributed by atoms with Gasteiger partial charge < -0.3 is 5.11 Å². The van der Waals surface area contributed by atoms with E-state index >= 15 is 0 Å². The van der Waals surface area contributed by atoms with Crippen molar-refractivity contribution in [1.29, 1.82) is 0 Å². The molecule has 0 aliphatic heterocycles. The van der Waals surface area contributed by atoms with Crippen LogP contribution in [0.3, 0.4) is 0 Å². The van der Waals surface area contributed by atoms with Gasteiger partial charge in [-0.15, -0.1) is 10.2 Å². The summed E-state index contributed by atoms with van der Waals surface area (Å²) in [7, 11) is 1.64. The fourth-order valence-corrected chi connectivity index (χ4v) is 0.849. The first-order valence-electron chi connectivity index (χ1n) is 3.55. The molecule has 1 rings (SSSR count). The van der Waals surface area contributed by atoms with E-state index in [1.165, 1.54) is 4.80 Å². The predicted octanol–water partition coefficient (Wildman–Crippen LogP) is -0.212. The Morgan fingerprint density at radius 2 is 2.42 bits per heavy atom. The topological polar surface area (TPSA) is 80.9 Å². The summed E-state index contributed by atoms with van der Waals surface area (Å²) in [5.74, 6) is -0.564. The van der Waals surface area contributed by atoms with Gasteiger partial charge in [-0.25, -0.2) is 0 Å². The van der Waals surface area contributed by atoms with E-state index in [0.717, 1.165) is 0 Å². The van der Waals surface area contributed by atoms with Crippen LogP contribution in [-0.2, 0) is 11.8 Å². The number of carboxylic acids is 1. The molecule has 1 aromatic heterocycles. The number of tetrazole rings is 1. The van der Waals surface area contributed by atoms with Crippen LogP contribution in [0.4, 0.5) is 0 Å². The highest BCUT2D eigenvalue weighted by Gasteiger charge is 2.14. The maximum absolute atomic E-state index is 10.3. The van der Waals surface area contributed by atoms with Crippen LogP contribution in [0, 0.1) is 0 Å². The van der Waals surface area contributed by atoms with Crippen LogP contribution in [0.5, 0.6) is 0 Å².